The molecule has 2 aliphatic rings. The van der Waals surface area contributed by atoms with Crippen molar-refractivity contribution in [2.24, 2.45) is 5.73 Å². The van der Waals surface area contributed by atoms with Gasteiger partial charge in [-0.25, -0.2) is 9.07 Å². The Morgan fingerprint density at radius 2 is 1.83 bits per heavy atom. The van der Waals surface area contributed by atoms with E-state index < -0.39 is 23.0 Å². The Labute approximate surface area is 201 Å². The summed E-state index contributed by atoms with van der Waals surface area (Å²) in [7, 11) is 4.89. The summed E-state index contributed by atoms with van der Waals surface area (Å²) in [5.74, 6) is -1.02. The molecular weight excluding hydrogens is 451 g/mol. The Morgan fingerprint density at radius 1 is 1.17 bits per heavy atom. The number of hydrogen-bond donors (Lipinski definition) is 2. The molecule has 35 heavy (non-hydrogen) atoms. The fourth-order valence-corrected chi connectivity index (χ4v) is 4.65. The summed E-state index contributed by atoms with van der Waals surface area (Å²) in [6.45, 7) is 0.289. The lowest BCUT2D eigenvalue weighted by Crippen LogP contribution is -2.45. The molecule has 2 aromatic carbocycles. The number of aromatic nitrogens is 2. The summed E-state index contributed by atoms with van der Waals surface area (Å²) in [6, 6.07) is 11.4. The van der Waals surface area contributed by atoms with Gasteiger partial charge in [0.1, 0.15) is 23.1 Å². The van der Waals surface area contributed by atoms with Crippen LogP contribution >= 0.6 is 0 Å². The van der Waals surface area contributed by atoms with Crippen molar-refractivity contribution in [1.82, 2.24) is 14.7 Å². The molecule has 10 heteroatoms. The number of ether oxygens (including phenoxy) is 1. The minimum absolute atomic E-state index is 0.0312. The van der Waals surface area contributed by atoms with Gasteiger partial charge in [0.25, 0.3) is 11.8 Å². The average molecular weight is 477 g/mol. The summed E-state index contributed by atoms with van der Waals surface area (Å²) in [5.41, 5.74) is 7.19. The van der Waals surface area contributed by atoms with Crippen LogP contribution in [0.2, 0.25) is 0 Å². The molecule has 180 valence electrons. The minimum Gasteiger partial charge on any atom is -0.497 e. The second-order valence-corrected chi connectivity index (χ2v) is 9.13. The van der Waals surface area contributed by atoms with Crippen molar-refractivity contribution in [1.29, 1.82) is 5.41 Å². The molecule has 2 amide bonds. The summed E-state index contributed by atoms with van der Waals surface area (Å²) in [4.78, 5) is 29.2. The molecular formula is C25H25FN6O3. The number of amides is 2. The molecule has 1 fully saturated rings. The van der Waals surface area contributed by atoms with Gasteiger partial charge in [0, 0.05) is 37.3 Å². The van der Waals surface area contributed by atoms with Gasteiger partial charge in [0.15, 0.2) is 5.69 Å². The molecule has 0 saturated heterocycles. The molecule has 2 heterocycles. The number of fused-ring (bicyclic) bond motifs is 2. The Bertz CT molecular complexity index is 1370. The van der Waals surface area contributed by atoms with Crippen LogP contribution in [0, 0.1) is 11.2 Å². The van der Waals surface area contributed by atoms with Crippen molar-refractivity contribution < 1.29 is 18.7 Å². The number of nitrogens with one attached hydrogen (secondary N) is 1. The highest BCUT2D eigenvalue weighted by atomic mass is 19.1. The van der Waals surface area contributed by atoms with Gasteiger partial charge in [-0.3, -0.25) is 15.0 Å². The number of anilines is 1. The maximum Gasteiger partial charge on any atom is 0.277 e. The van der Waals surface area contributed by atoms with Crippen molar-refractivity contribution in [2.75, 3.05) is 32.6 Å². The van der Waals surface area contributed by atoms with Gasteiger partial charge in [0.2, 0.25) is 0 Å². The molecule has 1 saturated carbocycles. The topological polar surface area (TPSA) is 118 Å². The molecule has 5 rings (SSSR count). The summed E-state index contributed by atoms with van der Waals surface area (Å²) in [6.07, 6.45) is 1.51. The van der Waals surface area contributed by atoms with Gasteiger partial charge in [-0.1, -0.05) is 0 Å². The van der Waals surface area contributed by atoms with Crippen molar-refractivity contribution in [3.05, 3.63) is 70.8 Å². The van der Waals surface area contributed by atoms with Crippen LogP contribution in [0.4, 0.5) is 10.1 Å². The molecule has 1 aliphatic heterocycles. The van der Waals surface area contributed by atoms with Crippen molar-refractivity contribution in [3.8, 4) is 11.4 Å². The average Bonchev–Trinajstić information content (AvgIpc) is 3.48. The van der Waals surface area contributed by atoms with Crippen molar-refractivity contribution in [3.63, 3.8) is 0 Å². The number of carbonyl (C=O) groups is 2. The van der Waals surface area contributed by atoms with Gasteiger partial charge in [-0.05, 0) is 55.3 Å². The normalized spacial score (nSPS) is 15.7. The number of nitrogens with two attached hydrogens (primary N) is 1. The molecule has 0 unspecified atom stereocenters. The number of amidine groups is 1. The number of halogens is 1. The first-order valence-electron chi connectivity index (χ1n) is 11.1. The zero-order valence-electron chi connectivity index (χ0n) is 19.6. The standard InChI is InChI=1S/C25H25FN6O3/c1-30(2)22(27)17-9-6-15(12-18(17)26)31-13-25(10-11-25)19-20(23(28)33)29-32(21(19)24(31)34)14-4-7-16(35-3)8-5-14/h4-9,12,27H,10-11,13H2,1-3H3,(H2,28,33). The molecule has 3 aromatic rings. The SMILES string of the molecule is COc1ccc(-n2nc(C(N)=O)c3c2C(=O)N(c2ccc(C(=N)N(C)C)c(F)c2)CC32CC2)cc1. The van der Waals surface area contributed by atoms with E-state index in [2.05, 4.69) is 5.10 Å². The second-order valence-electron chi connectivity index (χ2n) is 9.13. The molecule has 1 aromatic heterocycles. The Hall–Kier alpha value is -4.21. The van der Waals surface area contributed by atoms with E-state index >= 15 is 0 Å². The molecule has 1 aliphatic carbocycles. The van der Waals surface area contributed by atoms with Gasteiger partial charge in [-0.2, -0.15) is 5.10 Å². The van der Waals surface area contributed by atoms with E-state index in [1.807, 2.05) is 0 Å². The van der Waals surface area contributed by atoms with Crippen LogP contribution in [0.25, 0.3) is 5.69 Å². The zero-order valence-corrected chi connectivity index (χ0v) is 19.6. The maximum absolute atomic E-state index is 15.0. The first-order chi connectivity index (χ1) is 16.7. The summed E-state index contributed by atoms with van der Waals surface area (Å²) >= 11 is 0. The minimum atomic E-state index is -0.696. The van der Waals surface area contributed by atoms with E-state index in [1.165, 1.54) is 26.6 Å². The van der Waals surface area contributed by atoms with E-state index in [0.717, 1.165) is 12.8 Å². The lowest BCUT2D eigenvalue weighted by molar-refractivity contribution is 0.0966. The third kappa shape index (κ3) is 3.52. The fourth-order valence-electron chi connectivity index (χ4n) is 4.65. The number of nitrogens with zero attached hydrogens (tertiary/aromatic N) is 4. The van der Waals surface area contributed by atoms with Gasteiger partial charge < -0.3 is 20.3 Å². The largest absolute Gasteiger partial charge is 0.497 e. The highest BCUT2D eigenvalue weighted by Gasteiger charge is 2.56. The van der Waals surface area contributed by atoms with E-state index in [0.29, 0.717) is 22.7 Å². The van der Waals surface area contributed by atoms with Gasteiger partial charge in [-0.15, -0.1) is 0 Å². The monoisotopic (exact) mass is 476 g/mol. The third-order valence-corrected chi connectivity index (χ3v) is 6.69. The Morgan fingerprint density at radius 3 is 2.37 bits per heavy atom. The first-order valence-corrected chi connectivity index (χ1v) is 11.1. The van der Waals surface area contributed by atoms with Crippen LogP contribution in [0.15, 0.2) is 42.5 Å². The van der Waals surface area contributed by atoms with E-state index in [4.69, 9.17) is 15.9 Å². The smallest absolute Gasteiger partial charge is 0.277 e. The number of methoxy groups -OCH3 is 1. The van der Waals surface area contributed by atoms with Crippen LogP contribution in [0.5, 0.6) is 5.75 Å². The van der Waals surface area contributed by atoms with E-state index in [-0.39, 0.29) is 29.3 Å². The number of carbonyl (C=O) groups excluding carboxylic acids is 2. The van der Waals surface area contributed by atoms with Crippen LogP contribution in [0.3, 0.4) is 0 Å². The molecule has 9 nitrogen and oxygen atoms in total. The second kappa shape index (κ2) is 7.93. The predicted octanol–water partition coefficient (Wildman–Crippen LogP) is 2.70. The summed E-state index contributed by atoms with van der Waals surface area (Å²) in [5, 5.41) is 12.5. The van der Waals surface area contributed by atoms with E-state index in [1.54, 1.807) is 51.5 Å². The maximum atomic E-state index is 15.0. The Balaban J connectivity index is 1.64. The highest BCUT2D eigenvalue weighted by molar-refractivity contribution is 6.11. The predicted molar refractivity (Wildman–Crippen MR) is 128 cm³/mol. The lowest BCUT2D eigenvalue weighted by Gasteiger charge is -2.33. The van der Waals surface area contributed by atoms with E-state index in [9.17, 15) is 14.0 Å². The molecule has 1 spiro atoms. The number of rotatable bonds is 5. The van der Waals surface area contributed by atoms with Crippen molar-refractivity contribution >= 4 is 23.3 Å². The molecule has 3 N–H and O–H groups in total. The zero-order chi connectivity index (χ0) is 25.1. The van der Waals surface area contributed by atoms with Gasteiger partial charge >= 0.3 is 0 Å². The number of benzene rings is 2. The molecule has 0 atom stereocenters. The van der Waals surface area contributed by atoms with Crippen LogP contribution in [-0.4, -0.2) is 60.1 Å². The summed E-state index contributed by atoms with van der Waals surface area (Å²) < 4.78 is 21.6. The molecule has 0 bridgehead atoms. The lowest BCUT2D eigenvalue weighted by atomic mass is 9.88. The highest BCUT2D eigenvalue weighted by Crippen LogP contribution is 2.54. The van der Waals surface area contributed by atoms with Crippen LogP contribution < -0.4 is 15.4 Å². The number of primary amides is 1. The first kappa shape index (κ1) is 22.6. The fraction of sp³-hybridized carbons (Fsp3) is 0.280. The van der Waals surface area contributed by atoms with Crippen LogP contribution in [-0.2, 0) is 5.41 Å². The third-order valence-electron chi connectivity index (χ3n) is 6.69. The van der Waals surface area contributed by atoms with Crippen LogP contribution in [0.1, 0.15) is 44.9 Å². The quantitative estimate of drug-likeness (QED) is 0.434. The van der Waals surface area contributed by atoms with Crippen molar-refractivity contribution in [2.45, 2.75) is 18.3 Å². The number of hydrogen-bond acceptors (Lipinski definition) is 5. The molecule has 0 radical (unpaired) electrons. The Kier molecular flexibility index (Phi) is 5.12. The van der Waals surface area contributed by atoms with Gasteiger partial charge in [0.05, 0.1) is 18.4 Å².